The van der Waals surface area contributed by atoms with E-state index >= 15 is 0 Å². The number of carbonyl (C=O) groups excluding carboxylic acids is 2. The fraction of sp³-hybridized carbons (Fsp3) is 0.526. The number of carbonyl (C=O) groups is 2. The van der Waals surface area contributed by atoms with E-state index in [-0.39, 0.29) is 12.5 Å². The molecular weight excluding hydrogens is 375 g/mol. The number of piperidine rings is 1. The van der Waals surface area contributed by atoms with Crippen LogP contribution in [-0.2, 0) is 20.9 Å². The quantitative estimate of drug-likeness (QED) is 0.588. The van der Waals surface area contributed by atoms with Crippen LogP contribution >= 0.6 is 0 Å². The normalized spacial score (nSPS) is 20.4. The molecule has 3 rings (SSSR count). The van der Waals surface area contributed by atoms with Gasteiger partial charge in [0.25, 0.3) is 0 Å². The van der Waals surface area contributed by atoms with Crippen LogP contribution in [-0.4, -0.2) is 45.9 Å². The second kappa shape index (κ2) is 7.81. The number of nitrogens with zero attached hydrogens (tertiary/aromatic N) is 3. The Bertz CT molecular complexity index is 878. The van der Waals surface area contributed by atoms with Crippen LogP contribution in [0.5, 0.6) is 0 Å². The van der Waals surface area contributed by atoms with Crippen LogP contribution in [0, 0.1) is 5.92 Å². The van der Waals surface area contributed by atoms with Gasteiger partial charge in [0, 0.05) is 24.7 Å². The second-order valence-electron chi connectivity index (χ2n) is 7.15. The van der Waals surface area contributed by atoms with Crippen molar-refractivity contribution in [1.29, 1.82) is 0 Å². The van der Waals surface area contributed by atoms with Gasteiger partial charge in [0.2, 0.25) is 0 Å². The highest BCUT2D eigenvalue weighted by molar-refractivity contribution is 6.32. The van der Waals surface area contributed by atoms with Crippen molar-refractivity contribution in [2.24, 2.45) is 5.92 Å². The average molecular weight is 397 g/mol. The van der Waals surface area contributed by atoms with E-state index in [4.69, 9.17) is 0 Å². The van der Waals surface area contributed by atoms with Crippen molar-refractivity contribution >= 4 is 22.8 Å². The Kier molecular flexibility index (Phi) is 5.62. The number of esters is 1. The van der Waals surface area contributed by atoms with Gasteiger partial charge in [0.1, 0.15) is 0 Å². The average Bonchev–Trinajstić information content (AvgIpc) is 3.07. The zero-order valence-corrected chi connectivity index (χ0v) is 15.7. The topological polar surface area (TPSA) is 64.4 Å². The summed E-state index contributed by atoms with van der Waals surface area (Å²) in [6.45, 7) is 3.14. The van der Waals surface area contributed by atoms with Gasteiger partial charge in [0.05, 0.1) is 11.6 Å². The number of amides is 1. The number of likely N-dealkylation sites (tertiary alicyclic amines) is 1. The molecule has 0 bridgehead atoms. The Labute approximate surface area is 160 Å². The van der Waals surface area contributed by atoms with Gasteiger partial charge in [-0.05, 0) is 37.3 Å². The molecule has 2 aromatic rings. The molecule has 1 amide bonds. The summed E-state index contributed by atoms with van der Waals surface area (Å²) in [5.74, 6) is -2.38. The van der Waals surface area contributed by atoms with Crippen LogP contribution in [0.3, 0.4) is 0 Å². The Balaban J connectivity index is 1.83. The van der Waals surface area contributed by atoms with Crippen molar-refractivity contribution in [2.75, 3.05) is 13.2 Å². The summed E-state index contributed by atoms with van der Waals surface area (Å²) >= 11 is 0. The fourth-order valence-electron chi connectivity index (χ4n) is 3.50. The smallest absolute Gasteiger partial charge is 0.422 e. The summed E-state index contributed by atoms with van der Waals surface area (Å²) < 4.78 is 42.8. The molecule has 2 unspecified atom stereocenters. The predicted molar refractivity (Wildman–Crippen MR) is 95.3 cm³/mol. The summed E-state index contributed by atoms with van der Waals surface area (Å²) in [5, 5.41) is 5.42. The third kappa shape index (κ3) is 4.45. The molecule has 1 aromatic carbocycles. The van der Waals surface area contributed by atoms with Gasteiger partial charge in [-0.3, -0.25) is 9.48 Å². The summed E-state index contributed by atoms with van der Waals surface area (Å²) in [7, 11) is 0. The van der Waals surface area contributed by atoms with Gasteiger partial charge in [-0.15, -0.1) is 0 Å². The molecule has 0 spiro atoms. The van der Waals surface area contributed by atoms with E-state index in [9.17, 15) is 22.8 Å². The van der Waals surface area contributed by atoms with E-state index in [0.29, 0.717) is 6.42 Å². The van der Waals surface area contributed by atoms with Crippen molar-refractivity contribution < 1.29 is 27.5 Å². The molecule has 152 valence electrons. The zero-order valence-electron chi connectivity index (χ0n) is 15.7. The summed E-state index contributed by atoms with van der Waals surface area (Å²) in [5.41, 5.74) is 1.57. The van der Waals surface area contributed by atoms with Crippen LogP contribution in [0.25, 0.3) is 10.9 Å². The molecule has 0 radical (unpaired) electrons. The number of halogens is 3. The largest absolute Gasteiger partial charge is 0.449 e. The molecule has 2 atom stereocenters. The molecule has 28 heavy (non-hydrogen) atoms. The Hall–Kier alpha value is -2.58. The molecule has 0 N–H and O–H groups in total. The molecule has 2 heterocycles. The zero-order chi connectivity index (χ0) is 20.5. The number of hydrogen-bond donors (Lipinski definition) is 0. The number of aryl methyl sites for hydroxylation is 1. The Morgan fingerprint density at radius 2 is 2.04 bits per heavy atom. The number of aromatic nitrogens is 2. The van der Waals surface area contributed by atoms with Gasteiger partial charge >= 0.3 is 18.1 Å². The molecule has 1 saturated heterocycles. The third-order valence-electron chi connectivity index (χ3n) is 4.91. The lowest BCUT2D eigenvalue weighted by Gasteiger charge is -2.38. The van der Waals surface area contributed by atoms with Gasteiger partial charge in [-0.25, -0.2) is 4.79 Å². The maximum Gasteiger partial charge on any atom is 0.422 e. The first-order chi connectivity index (χ1) is 13.2. The van der Waals surface area contributed by atoms with E-state index in [1.54, 1.807) is 4.68 Å². The number of fused-ring (bicyclic) bond motifs is 1. The lowest BCUT2D eigenvalue weighted by atomic mass is 9.89. The molecule has 1 aliphatic heterocycles. The molecular formula is C19H22F3N3O3. The maximum atomic E-state index is 12.5. The van der Waals surface area contributed by atoms with Gasteiger partial charge < -0.3 is 9.64 Å². The number of benzene rings is 1. The SMILES string of the molecule is CCn1cc2ccc(C3CCC(C)CN3C(=O)C(=O)OCC(F)(F)F)cc2n1. The van der Waals surface area contributed by atoms with Crippen molar-refractivity contribution in [3.63, 3.8) is 0 Å². The maximum absolute atomic E-state index is 12.5. The summed E-state index contributed by atoms with van der Waals surface area (Å²) in [6, 6.07) is 5.22. The monoisotopic (exact) mass is 397 g/mol. The van der Waals surface area contributed by atoms with Crippen molar-refractivity contribution in [3.8, 4) is 0 Å². The lowest BCUT2D eigenvalue weighted by molar-refractivity contribution is -0.190. The minimum atomic E-state index is -4.67. The first kappa shape index (κ1) is 20.2. The van der Waals surface area contributed by atoms with E-state index in [2.05, 4.69) is 9.84 Å². The Morgan fingerprint density at radius 1 is 1.29 bits per heavy atom. The summed E-state index contributed by atoms with van der Waals surface area (Å²) in [4.78, 5) is 25.7. The van der Waals surface area contributed by atoms with Crippen molar-refractivity contribution in [1.82, 2.24) is 14.7 Å². The van der Waals surface area contributed by atoms with Crippen molar-refractivity contribution in [2.45, 2.75) is 45.5 Å². The number of ether oxygens (including phenoxy) is 1. The predicted octanol–water partition coefficient (Wildman–Crippen LogP) is 3.46. The van der Waals surface area contributed by atoms with Crippen LogP contribution in [0.4, 0.5) is 13.2 Å². The van der Waals surface area contributed by atoms with E-state index in [1.165, 1.54) is 4.90 Å². The highest BCUT2D eigenvalue weighted by atomic mass is 19.4. The van der Waals surface area contributed by atoms with Crippen molar-refractivity contribution in [3.05, 3.63) is 30.0 Å². The molecule has 1 aromatic heterocycles. The summed E-state index contributed by atoms with van der Waals surface area (Å²) in [6.07, 6.45) is -1.31. The number of alkyl halides is 3. The molecule has 1 fully saturated rings. The van der Waals surface area contributed by atoms with Crippen LogP contribution in [0.2, 0.25) is 0 Å². The van der Waals surface area contributed by atoms with Gasteiger partial charge in [-0.1, -0.05) is 19.1 Å². The molecule has 0 aliphatic carbocycles. The molecule has 1 aliphatic rings. The van der Waals surface area contributed by atoms with Crippen LogP contribution in [0.1, 0.15) is 38.3 Å². The first-order valence-electron chi connectivity index (χ1n) is 9.19. The third-order valence-corrected chi connectivity index (χ3v) is 4.91. The molecule has 6 nitrogen and oxygen atoms in total. The molecule has 9 heteroatoms. The van der Waals surface area contributed by atoms with Gasteiger partial charge in [-0.2, -0.15) is 18.3 Å². The molecule has 0 saturated carbocycles. The highest BCUT2D eigenvalue weighted by Crippen LogP contribution is 2.34. The number of hydrogen-bond acceptors (Lipinski definition) is 4. The highest BCUT2D eigenvalue weighted by Gasteiger charge is 2.37. The van der Waals surface area contributed by atoms with E-state index < -0.39 is 30.7 Å². The lowest BCUT2D eigenvalue weighted by Crippen LogP contribution is -2.45. The minimum absolute atomic E-state index is 0.138. The van der Waals surface area contributed by atoms with Gasteiger partial charge in [0.15, 0.2) is 6.61 Å². The Morgan fingerprint density at radius 3 is 2.71 bits per heavy atom. The standard InChI is InChI=1S/C19H22F3N3O3/c1-3-24-10-14-6-5-13(8-15(14)23-24)16-7-4-12(2)9-25(16)17(26)18(27)28-11-19(20,21)22/h5-6,8,10,12,16H,3-4,7,9,11H2,1-2H3. The fourth-order valence-corrected chi connectivity index (χ4v) is 3.50. The van der Waals surface area contributed by atoms with E-state index in [1.807, 2.05) is 38.2 Å². The van der Waals surface area contributed by atoms with Crippen LogP contribution < -0.4 is 0 Å². The first-order valence-corrected chi connectivity index (χ1v) is 9.19. The minimum Gasteiger partial charge on any atom is -0.449 e. The van der Waals surface area contributed by atoms with Crippen LogP contribution in [0.15, 0.2) is 24.4 Å². The van der Waals surface area contributed by atoms with E-state index in [0.717, 1.165) is 29.4 Å². The second-order valence-corrected chi connectivity index (χ2v) is 7.15. The number of rotatable bonds is 3.